The van der Waals surface area contributed by atoms with E-state index in [9.17, 15) is 32.7 Å². The number of aromatic nitrogens is 2. The number of ether oxygens (including phenoxy) is 1. The first-order valence-corrected chi connectivity index (χ1v) is 16.2. The van der Waals surface area contributed by atoms with Crippen molar-refractivity contribution in [3.05, 3.63) is 17.0 Å². The quantitative estimate of drug-likeness (QED) is 0.421. The van der Waals surface area contributed by atoms with Crippen LogP contribution in [0.5, 0.6) is 0 Å². The summed E-state index contributed by atoms with van der Waals surface area (Å²) in [5.74, 6) is -4.18. The normalized spacial score (nSPS) is 34.3. The summed E-state index contributed by atoms with van der Waals surface area (Å²) in [7, 11) is 1.61. The maximum Gasteiger partial charge on any atom is 0.394 e. The van der Waals surface area contributed by atoms with Crippen LogP contribution in [0.4, 0.5) is 13.2 Å². The smallest absolute Gasteiger partial charge is 0.394 e. The lowest BCUT2D eigenvalue weighted by molar-refractivity contribution is -0.209. The van der Waals surface area contributed by atoms with Crippen LogP contribution < -0.4 is 0 Å². The Kier molecular flexibility index (Phi) is 8.14. The lowest BCUT2D eigenvalue weighted by atomic mass is 9.69. The van der Waals surface area contributed by atoms with Gasteiger partial charge in [0.1, 0.15) is 0 Å². The van der Waals surface area contributed by atoms with Gasteiger partial charge >= 0.3 is 12.1 Å². The Balaban J connectivity index is 1.34. The first-order valence-electron chi connectivity index (χ1n) is 15.8. The average molecular weight is 628 g/mol. The lowest BCUT2D eigenvalue weighted by Gasteiger charge is -2.41. The van der Waals surface area contributed by atoms with Crippen LogP contribution in [0, 0.1) is 35.0 Å². The molecule has 5 aliphatic rings. The third-order valence-corrected chi connectivity index (χ3v) is 11.9. The molecule has 4 aliphatic carbocycles. The number of nitrogens with zero attached hydrogens (tertiary/aromatic N) is 3. The highest BCUT2D eigenvalue weighted by Crippen LogP contribution is 2.66. The topological polar surface area (TPSA) is 102 Å². The van der Waals surface area contributed by atoms with Gasteiger partial charge in [-0.15, -0.1) is 11.6 Å². The van der Waals surface area contributed by atoms with E-state index in [1.165, 1.54) is 4.68 Å². The summed E-state index contributed by atoms with van der Waals surface area (Å²) >= 11 is 6.73. The second-order valence-corrected chi connectivity index (χ2v) is 14.3. The summed E-state index contributed by atoms with van der Waals surface area (Å²) in [5.41, 5.74) is 0.377. The van der Waals surface area contributed by atoms with E-state index in [0.717, 1.165) is 11.3 Å². The van der Waals surface area contributed by atoms with Crippen molar-refractivity contribution in [2.45, 2.75) is 101 Å². The fraction of sp³-hybridized carbons (Fsp3) is 0.806. The molecule has 8 nitrogen and oxygen atoms in total. The van der Waals surface area contributed by atoms with Gasteiger partial charge in [-0.2, -0.15) is 18.3 Å². The molecule has 1 saturated heterocycles. The zero-order chi connectivity index (χ0) is 30.8. The number of carbonyl (C=O) groups is 3. The number of amides is 1. The minimum Gasteiger partial charge on any atom is -0.481 e. The van der Waals surface area contributed by atoms with Crippen molar-refractivity contribution >= 4 is 29.4 Å². The summed E-state index contributed by atoms with van der Waals surface area (Å²) in [5, 5.41) is 13.8. The molecule has 238 valence electrons. The van der Waals surface area contributed by atoms with E-state index in [2.05, 4.69) is 0 Å². The molecule has 1 aromatic rings. The standard InChI is InChI=1S/C31H41ClF3N3O5/c1-16-12-17(6-8-20(16)29(41)42)26-21-9-7-18(27(39)37-14-19(15-37)43-2)13-24(21)38(36-26)28(40)25-22(4-3-5-23(25)32)30(10-11-30)31(33,34)35/h16-20,22-23,25H,3-15H2,1-2H3,(H,41,42). The van der Waals surface area contributed by atoms with Crippen molar-refractivity contribution in [2.75, 3.05) is 20.2 Å². The Hall–Kier alpha value is -2.14. The maximum atomic E-state index is 14.4. The minimum atomic E-state index is -4.41. The largest absolute Gasteiger partial charge is 0.481 e. The number of hydrogen-bond acceptors (Lipinski definition) is 5. The highest BCUT2D eigenvalue weighted by atomic mass is 35.5. The number of alkyl halides is 4. The third-order valence-electron chi connectivity index (χ3n) is 11.4. The summed E-state index contributed by atoms with van der Waals surface area (Å²) in [4.78, 5) is 41.3. The number of carboxylic acid groups (broad SMARTS) is 1. The van der Waals surface area contributed by atoms with E-state index in [0.29, 0.717) is 70.2 Å². The number of hydrogen-bond donors (Lipinski definition) is 1. The average Bonchev–Trinajstić information content (AvgIpc) is 3.67. The van der Waals surface area contributed by atoms with E-state index in [1.54, 1.807) is 12.0 Å². The number of fused-ring (bicyclic) bond motifs is 1. The Labute approximate surface area is 254 Å². The van der Waals surface area contributed by atoms with E-state index < -0.39 is 46.6 Å². The molecule has 7 atom stereocenters. The van der Waals surface area contributed by atoms with Crippen molar-refractivity contribution < 1.29 is 37.4 Å². The molecular weight excluding hydrogens is 587 g/mol. The molecule has 0 radical (unpaired) electrons. The van der Waals surface area contributed by atoms with Crippen molar-refractivity contribution in [1.82, 2.24) is 14.7 Å². The van der Waals surface area contributed by atoms with Gasteiger partial charge in [0.25, 0.3) is 5.91 Å². The van der Waals surface area contributed by atoms with Gasteiger partial charge in [0.05, 0.1) is 34.7 Å². The lowest BCUT2D eigenvalue weighted by Crippen LogP contribution is -2.56. The molecule has 0 spiro atoms. The monoisotopic (exact) mass is 627 g/mol. The van der Waals surface area contributed by atoms with Crippen LogP contribution in [0.3, 0.4) is 0 Å². The fourth-order valence-electron chi connectivity index (χ4n) is 8.63. The minimum absolute atomic E-state index is 0.00365. The molecule has 6 rings (SSSR count). The van der Waals surface area contributed by atoms with Gasteiger partial charge in [0.15, 0.2) is 0 Å². The molecular formula is C31H41ClF3N3O5. The number of aliphatic carboxylic acids is 1. The molecule has 0 bridgehead atoms. The molecule has 1 aromatic heterocycles. The van der Waals surface area contributed by atoms with Crippen LogP contribution in [0.25, 0.3) is 0 Å². The van der Waals surface area contributed by atoms with Gasteiger partial charge in [-0.25, -0.2) is 4.68 Å². The van der Waals surface area contributed by atoms with Gasteiger partial charge in [-0.1, -0.05) is 13.3 Å². The molecule has 12 heteroatoms. The van der Waals surface area contributed by atoms with Crippen LogP contribution in [-0.2, 0) is 27.2 Å². The number of likely N-dealkylation sites (tertiary alicyclic amines) is 1. The van der Waals surface area contributed by atoms with Gasteiger partial charge in [-0.05, 0) is 75.2 Å². The second kappa shape index (κ2) is 11.3. The van der Waals surface area contributed by atoms with Crippen molar-refractivity contribution in [1.29, 1.82) is 0 Å². The molecule has 43 heavy (non-hydrogen) atoms. The van der Waals surface area contributed by atoms with E-state index in [1.807, 2.05) is 6.92 Å². The zero-order valence-corrected chi connectivity index (χ0v) is 25.5. The number of rotatable bonds is 6. The Bertz CT molecular complexity index is 1270. The van der Waals surface area contributed by atoms with Crippen LogP contribution in [0.1, 0.15) is 92.4 Å². The number of methoxy groups -OCH3 is 1. The zero-order valence-electron chi connectivity index (χ0n) is 24.7. The van der Waals surface area contributed by atoms with Crippen molar-refractivity contribution in [2.24, 2.45) is 35.0 Å². The van der Waals surface area contributed by atoms with E-state index in [-0.39, 0.29) is 49.0 Å². The molecule has 0 aromatic carbocycles. The molecule has 3 saturated carbocycles. The summed E-state index contributed by atoms with van der Waals surface area (Å²) < 4.78 is 49.6. The number of halogens is 4. The van der Waals surface area contributed by atoms with Crippen LogP contribution in [0.2, 0.25) is 0 Å². The fourth-order valence-corrected chi connectivity index (χ4v) is 9.07. The van der Waals surface area contributed by atoms with Crippen LogP contribution in [0.15, 0.2) is 0 Å². The Morgan fingerprint density at radius 2 is 1.79 bits per heavy atom. The van der Waals surface area contributed by atoms with Gasteiger partial charge in [0.2, 0.25) is 5.91 Å². The maximum absolute atomic E-state index is 14.4. The van der Waals surface area contributed by atoms with Crippen LogP contribution in [-0.4, -0.2) is 75.4 Å². The Morgan fingerprint density at radius 3 is 2.40 bits per heavy atom. The third kappa shape index (κ3) is 5.30. The number of carboxylic acids is 1. The van der Waals surface area contributed by atoms with E-state index in [4.69, 9.17) is 21.4 Å². The van der Waals surface area contributed by atoms with Crippen molar-refractivity contribution in [3.63, 3.8) is 0 Å². The van der Waals surface area contributed by atoms with Gasteiger partial charge in [-0.3, -0.25) is 14.4 Å². The molecule has 7 unspecified atom stereocenters. The van der Waals surface area contributed by atoms with Gasteiger partial charge < -0.3 is 14.7 Å². The first-order chi connectivity index (χ1) is 20.4. The van der Waals surface area contributed by atoms with Gasteiger partial charge in [0, 0.05) is 43.8 Å². The predicted octanol–water partition coefficient (Wildman–Crippen LogP) is 5.46. The first kappa shape index (κ1) is 30.9. The van der Waals surface area contributed by atoms with Crippen molar-refractivity contribution in [3.8, 4) is 0 Å². The summed E-state index contributed by atoms with van der Waals surface area (Å²) in [6.07, 6.45) is 0.0437. The van der Waals surface area contributed by atoms with Crippen LogP contribution >= 0.6 is 11.6 Å². The molecule has 1 aliphatic heterocycles. The molecule has 1 N–H and O–H groups in total. The molecule has 2 heterocycles. The summed E-state index contributed by atoms with van der Waals surface area (Å²) in [6.45, 7) is 2.96. The predicted molar refractivity (Wildman–Crippen MR) is 151 cm³/mol. The Morgan fingerprint density at radius 1 is 1.07 bits per heavy atom. The highest BCUT2D eigenvalue weighted by molar-refractivity contribution is 6.22. The second-order valence-electron chi connectivity index (χ2n) is 13.8. The van der Waals surface area contributed by atoms with E-state index >= 15 is 0 Å². The highest BCUT2D eigenvalue weighted by Gasteiger charge is 2.69. The molecule has 4 fully saturated rings. The number of carbonyl (C=O) groups excluding carboxylic acids is 2. The SMILES string of the molecule is COC1CN(C(=O)C2CCc3c(C4CCC(C(=O)O)C(C)C4)nn(C(=O)C4C(Cl)CCCC4C4(C(F)(F)F)CC4)c3C2)C1. The summed E-state index contributed by atoms with van der Waals surface area (Å²) in [6, 6.07) is 0. The molecule has 1 amide bonds.